The fourth-order valence-corrected chi connectivity index (χ4v) is 8.76. The van der Waals surface area contributed by atoms with E-state index < -0.39 is 5.41 Å². The second kappa shape index (κ2) is 11.5. The predicted octanol–water partition coefficient (Wildman–Crippen LogP) is 11.8. The summed E-state index contributed by atoms with van der Waals surface area (Å²) in [6.07, 6.45) is 4.50. The highest BCUT2D eigenvalue weighted by Crippen LogP contribution is 2.65. The van der Waals surface area contributed by atoms with E-state index in [0.717, 1.165) is 12.8 Å². The van der Waals surface area contributed by atoms with Crippen LogP contribution in [0, 0.1) is 0 Å². The average Bonchev–Trinajstić information content (AvgIpc) is 3.64. The highest BCUT2D eigenvalue weighted by atomic mass is 14.6. The minimum absolute atomic E-state index is 0.114. The molecule has 1 atom stereocenters. The van der Waals surface area contributed by atoms with Crippen molar-refractivity contribution in [2.45, 2.75) is 50.9 Å². The Morgan fingerprint density at radius 3 is 1.54 bits per heavy atom. The zero-order valence-electron chi connectivity index (χ0n) is 27.0. The number of fused-ring (bicyclic) bond motifs is 4. The first-order chi connectivity index (χ1) is 22.6. The van der Waals surface area contributed by atoms with E-state index in [9.17, 15) is 0 Å². The van der Waals surface area contributed by atoms with Crippen LogP contribution in [0.1, 0.15) is 77.1 Å². The summed E-state index contributed by atoms with van der Waals surface area (Å²) in [7, 11) is 0. The lowest BCUT2D eigenvalue weighted by atomic mass is 9.53. The Balaban J connectivity index is 1.55. The molecule has 0 amide bonds. The molecule has 0 heteroatoms. The van der Waals surface area contributed by atoms with E-state index in [1.807, 2.05) is 0 Å². The predicted molar refractivity (Wildman–Crippen MR) is 194 cm³/mol. The molecular formula is C46H40. The van der Waals surface area contributed by atoms with Gasteiger partial charge in [-0.1, -0.05) is 171 Å². The Bertz CT molecular complexity index is 1970. The first-order valence-corrected chi connectivity index (χ1v) is 16.9. The minimum Gasteiger partial charge on any atom is -0.0639 e. The van der Waals surface area contributed by atoms with Gasteiger partial charge in [-0.25, -0.2) is 0 Å². The van der Waals surface area contributed by atoms with Crippen LogP contribution in [0.15, 0.2) is 151 Å². The molecule has 2 aliphatic carbocycles. The Morgan fingerprint density at radius 1 is 0.500 bits per heavy atom. The normalized spacial score (nSPS) is 15.3. The molecular weight excluding hydrogens is 553 g/mol. The molecule has 0 N–H and O–H groups in total. The van der Waals surface area contributed by atoms with Gasteiger partial charge in [0, 0.05) is 17.3 Å². The zero-order chi connectivity index (χ0) is 31.3. The third-order valence-electron chi connectivity index (χ3n) is 10.7. The molecule has 0 aliphatic heterocycles. The lowest BCUT2D eigenvalue weighted by Crippen LogP contribution is -2.41. The van der Waals surface area contributed by atoms with Crippen LogP contribution in [0.25, 0.3) is 28.3 Å². The van der Waals surface area contributed by atoms with Gasteiger partial charge < -0.3 is 0 Å². The second-order valence-corrected chi connectivity index (χ2v) is 13.1. The van der Waals surface area contributed by atoms with Crippen molar-refractivity contribution in [1.29, 1.82) is 0 Å². The highest BCUT2D eigenvalue weighted by molar-refractivity contribution is 5.85. The molecule has 224 valence electrons. The minimum atomic E-state index is -0.419. The SMILES string of the molecule is CCc1ccc2c(c1)C(C(c1ccccc1)(c1ccccc1)C1C(C)=Cc3cccc(-c4ccccc4)c31)c1cc(CC)ccc1-2. The number of aryl methyl sites for hydroxylation is 2. The topological polar surface area (TPSA) is 0 Å². The van der Waals surface area contributed by atoms with Crippen molar-refractivity contribution in [3.05, 3.63) is 196 Å². The Morgan fingerprint density at radius 2 is 1.02 bits per heavy atom. The lowest BCUT2D eigenvalue weighted by molar-refractivity contribution is 0.405. The summed E-state index contributed by atoms with van der Waals surface area (Å²) in [5, 5.41) is 0. The maximum Gasteiger partial charge on any atom is 0.0418 e. The second-order valence-electron chi connectivity index (χ2n) is 13.1. The van der Waals surface area contributed by atoms with Crippen LogP contribution in [0.2, 0.25) is 0 Å². The molecule has 8 rings (SSSR count). The number of allylic oxidation sites excluding steroid dienone is 1. The summed E-state index contributed by atoms with van der Waals surface area (Å²) < 4.78 is 0. The Hall–Kier alpha value is -4.94. The van der Waals surface area contributed by atoms with Crippen molar-refractivity contribution >= 4 is 6.08 Å². The number of rotatable bonds is 7. The first-order valence-electron chi connectivity index (χ1n) is 16.9. The first kappa shape index (κ1) is 28.5. The van der Waals surface area contributed by atoms with Crippen molar-refractivity contribution < 1.29 is 0 Å². The summed E-state index contributed by atoms with van der Waals surface area (Å²) in [6, 6.07) is 55.4. The van der Waals surface area contributed by atoms with Gasteiger partial charge in [0.1, 0.15) is 0 Å². The number of hydrogen-bond donors (Lipinski definition) is 0. The van der Waals surface area contributed by atoms with Gasteiger partial charge in [-0.2, -0.15) is 0 Å². The third-order valence-corrected chi connectivity index (χ3v) is 10.7. The van der Waals surface area contributed by atoms with Gasteiger partial charge in [-0.05, 0) is 86.5 Å². The van der Waals surface area contributed by atoms with Crippen LogP contribution in [-0.2, 0) is 18.3 Å². The Labute approximate surface area is 274 Å². The Kier molecular flexibility index (Phi) is 7.10. The molecule has 46 heavy (non-hydrogen) atoms. The molecule has 1 unspecified atom stereocenters. The van der Waals surface area contributed by atoms with Gasteiger partial charge in [0.05, 0.1) is 0 Å². The average molecular weight is 593 g/mol. The van der Waals surface area contributed by atoms with Crippen LogP contribution in [-0.4, -0.2) is 0 Å². The summed E-state index contributed by atoms with van der Waals surface area (Å²) in [5.41, 5.74) is 17.6. The van der Waals surface area contributed by atoms with Gasteiger partial charge >= 0.3 is 0 Å². The molecule has 2 aliphatic rings. The molecule has 0 aromatic heterocycles. The lowest BCUT2D eigenvalue weighted by Gasteiger charge is -2.48. The summed E-state index contributed by atoms with van der Waals surface area (Å²) in [6.45, 7) is 6.94. The van der Waals surface area contributed by atoms with Gasteiger partial charge in [-0.15, -0.1) is 0 Å². The molecule has 6 aromatic carbocycles. The molecule has 0 radical (unpaired) electrons. The maximum absolute atomic E-state index is 2.53. The van der Waals surface area contributed by atoms with E-state index in [1.54, 1.807) is 0 Å². The van der Waals surface area contributed by atoms with E-state index in [-0.39, 0.29) is 11.8 Å². The van der Waals surface area contributed by atoms with E-state index in [0.29, 0.717) is 0 Å². The molecule has 0 heterocycles. The fraction of sp³-hybridized carbons (Fsp3) is 0.174. The highest BCUT2D eigenvalue weighted by Gasteiger charge is 2.55. The largest absolute Gasteiger partial charge is 0.0639 e. The zero-order valence-corrected chi connectivity index (χ0v) is 27.0. The monoisotopic (exact) mass is 592 g/mol. The van der Waals surface area contributed by atoms with Crippen molar-refractivity contribution in [2.24, 2.45) is 0 Å². The van der Waals surface area contributed by atoms with Crippen molar-refractivity contribution in [3.8, 4) is 22.3 Å². The van der Waals surface area contributed by atoms with Crippen LogP contribution >= 0.6 is 0 Å². The summed E-state index contributed by atoms with van der Waals surface area (Å²) >= 11 is 0. The smallest absolute Gasteiger partial charge is 0.0418 e. The number of hydrogen-bond acceptors (Lipinski definition) is 0. The van der Waals surface area contributed by atoms with Crippen LogP contribution in [0.4, 0.5) is 0 Å². The third kappa shape index (κ3) is 4.27. The molecule has 0 spiro atoms. The molecule has 6 aromatic rings. The van der Waals surface area contributed by atoms with Crippen molar-refractivity contribution in [1.82, 2.24) is 0 Å². The van der Waals surface area contributed by atoms with E-state index in [1.165, 1.54) is 72.3 Å². The van der Waals surface area contributed by atoms with E-state index >= 15 is 0 Å². The molecule has 0 fully saturated rings. The van der Waals surface area contributed by atoms with Crippen molar-refractivity contribution in [2.75, 3.05) is 0 Å². The van der Waals surface area contributed by atoms with Gasteiger partial charge in [0.25, 0.3) is 0 Å². The molecule has 0 saturated heterocycles. The van der Waals surface area contributed by atoms with Crippen LogP contribution in [0.3, 0.4) is 0 Å². The maximum atomic E-state index is 2.53. The van der Waals surface area contributed by atoms with Crippen molar-refractivity contribution in [3.63, 3.8) is 0 Å². The molecule has 0 saturated carbocycles. The fourth-order valence-electron chi connectivity index (χ4n) is 8.76. The summed E-state index contributed by atoms with van der Waals surface area (Å²) in [5.74, 6) is 0.228. The summed E-state index contributed by atoms with van der Waals surface area (Å²) in [4.78, 5) is 0. The van der Waals surface area contributed by atoms with Crippen LogP contribution < -0.4 is 0 Å². The van der Waals surface area contributed by atoms with Gasteiger partial charge in [-0.3, -0.25) is 0 Å². The quantitative estimate of drug-likeness (QED) is 0.173. The van der Waals surface area contributed by atoms with E-state index in [4.69, 9.17) is 0 Å². The molecule has 0 nitrogen and oxygen atoms in total. The number of benzene rings is 6. The molecule has 0 bridgehead atoms. The van der Waals surface area contributed by atoms with E-state index in [2.05, 4.69) is 172 Å². The van der Waals surface area contributed by atoms with Gasteiger partial charge in [0.2, 0.25) is 0 Å². The van der Waals surface area contributed by atoms with Crippen LogP contribution in [0.5, 0.6) is 0 Å². The standard InChI is InChI=1S/C46H40/c1-4-32-24-26-39-40-27-25-33(5-2)30-42(40)45(41(39)29-32)46(36-19-11-7-12-20-36,37-21-13-8-14-22-37)44-31(3)28-35-18-15-23-38(43(35)44)34-16-9-6-10-17-34/h6-30,44-45H,4-5H2,1-3H3. The van der Waals surface area contributed by atoms with Gasteiger partial charge in [0.15, 0.2) is 0 Å².